The second-order valence-corrected chi connectivity index (χ2v) is 8.54. The zero-order chi connectivity index (χ0) is 20.8. The molecule has 2 fully saturated rings. The van der Waals surface area contributed by atoms with Crippen LogP contribution >= 0.6 is 24.0 Å². The molecule has 7 nitrogen and oxygen atoms in total. The van der Waals surface area contributed by atoms with Crippen LogP contribution in [0.25, 0.3) is 11.0 Å². The number of hydrogen-bond donors (Lipinski definition) is 2. The van der Waals surface area contributed by atoms with E-state index >= 15 is 0 Å². The molecule has 2 aliphatic heterocycles. The highest BCUT2D eigenvalue weighted by Gasteiger charge is 2.39. The highest BCUT2D eigenvalue weighted by Crippen LogP contribution is 2.30. The molecule has 0 aliphatic carbocycles. The average Bonchev–Trinajstić information content (AvgIpc) is 3.42. The van der Waals surface area contributed by atoms with Crippen LogP contribution < -0.4 is 10.6 Å². The largest absolute Gasteiger partial charge is 0.381 e. The summed E-state index contributed by atoms with van der Waals surface area (Å²) in [5.41, 5.74) is 2.49. The van der Waals surface area contributed by atoms with E-state index in [1.165, 1.54) is 31.4 Å². The maximum absolute atomic E-state index is 5.66. The third-order valence-electron chi connectivity index (χ3n) is 6.71. The van der Waals surface area contributed by atoms with Gasteiger partial charge in [-0.25, -0.2) is 4.98 Å². The zero-order valence-electron chi connectivity index (χ0n) is 18.9. The molecule has 2 aromatic rings. The number of aromatic nitrogens is 2. The molecule has 4 rings (SSSR count). The molecule has 0 saturated carbocycles. The molecule has 1 aromatic carbocycles. The molecule has 2 aliphatic rings. The van der Waals surface area contributed by atoms with Gasteiger partial charge in [0.05, 0.1) is 11.0 Å². The fraction of sp³-hybridized carbons (Fsp3) is 0.652. The van der Waals surface area contributed by atoms with Gasteiger partial charge in [-0.2, -0.15) is 0 Å². The molecule has 0 bridgehead atoms. The predicted molar refractivity (Wildman–Crippen MR) is 137 cm³/mol. The van der Waals surface area contributed by atoms with Crippen LogP contribution in [-0.4, -0.2) is 72.4 Å². The Labute approximate surface area is 203 Å². The van der Waals surface area contributed by atoms with Crippen LogP contribution in [0.15, 0.2) is 29.3 Å². The number of nitrogens with one attached hydrogen (secondary N) is 2. The van der Waals surface area contributed by atoms with Gasteiger partial charge in [0.2, 0.25) is 0 Å². The van der Waals surface area contributed by atoms with Crippen molar-refractivity contribution in [3.05, 3.63) is 30.1 Å². The van der Waals surface area contributed by atoms with Gasteiger partial charge in [-0.3, -0.25) is 9.89 Å². The van der Waals surface area contributed by atoms with Gasteiger partial charge in [0.1, 0.15) is 5.82 Å². The van der Waals surface area contributed by atoms with Crippen molar-refractivity contribution in [3.63, 3.8) is 0 Å². The van der Waals surface area contributed by atoms with E-state index in [0.29, 0.717) is 0 Å². The average molecular weight is 540 g/mol. The molecule has 2 N–H and O–H groups in total. The smallest absolute Gasteiger partial charge is 0.191 e. The van der Waals surface area contributed by atoms with Crippen molar-refractivity contribution in [2.45, 2.75) is 51.1 Å². The number of ether oxygens (including phenoxy) is 1. The highest BCUT2D eigenvalue weighted by atomic mass is 127. The quantitative estimate of drug-likeness (QED) is 0.245. The van der Waals surface area contributed by atoms with E-state index in [1.807, 2.05) is 13.1 Å². The summed E-state index contributed by atoms with van der Waals surface area (Å²) in [6.45, 7) is 9.00. The lowest BCUT2D eigenvalue weighted by Gasteiger charge is -2.45. The zero-order valence-corrected chi connectivity index (χ0v) is 21.2. The monoisotopic (exact) mass is 540 g/mol. The summed E-state index contributed by atoms with van der Waals surface area (Å²) in [5, 5.41) is 7.12. The van der Waals surface area contributed by atoms with Crippen LogP contribution in [0.3, 0.4) is 0 Å². The first-order valence-corrected chi connectivity index (χ1v) is 11.4. The van der Waals surface area contributed by atoms with Crippen molar-refractivity contribution in [1.29, 1.82) is 0 Å². The predicted octanol–water partition coefficient (Wildman–Crippen LogP) is 3.16. The minimum atomic E-state index is 0. The van der Waals surface area contributed by atoms with E-state index in [-0.39, 0.29) is 29.5 Å². The van der Waals surface area contributed by atoms with Gasteiger partial charge in [0.25, 0.3) is 0 Å². The van der Waals surface area contributed by atoms with Gasteiger partial charge in [0.15, 0.2) is 5.96 Å². The standard InChI is InChI=1S/C23H36N6O.HI/c1-19-27-20-8-3-4-9-21(20)29(19)15-7-12-25-22(24-2)26-18-23(10-16-30-17-11-23)28-13-5-6-14-28;/h3-4,8-9H,5-7,10-18H2,1-2H3,(H2,24,25,26);1H. The number of rotatable bonds is 7. The molecular weight excluding hydrogens is 503 g/mol. The Morgan fingerprint density at radius 2 is 1.90 bits per heavy atom. The van der Waals surface area contributed by atoms with E-state index in [0.717, 1.165) is 69.4 Å². The summed E-state index contributed by atoms with van der Waals surface area (Å²) in [7, 11) is 1.86. The first kappa shape index (κ1) is 24.3. The lowest BCUT2D eigenvalue weighted by molar-refractivity contribution is -0.0164. The van der Waals surface area contributed by atoms with Gasteiger partial charge in [0, 0.05) is 45.4 Å². The molecule has 0 spiro atoms. The number of fused-ring (bicyclic) bond motifs is 1. The van der Waals surface area contributed by atoms with Gasteiger partial charge in [-0.15, -0.1) is 24.0 Å². The van der Waals surface area contributed by atoms with Gasteiger partial charge in [-0.1, -0.05) is 12.1 Å². The minimum Gasteiger partial charge on any atom is -0.381 e. The third kappa shape index (κ3) is 5.70. The number of para-hydroxylation sites is 2. The van der Waals surface area contributed by atoms with E-state index in [4.69, 9.17) is 4.74 Å². The maximum Gasteiger partial charge on any atom is 0.191 e. The Bertz CT molecular complexity index is 855. The van der Waals surface area contributed by atoms with Crippen LogP contribution in [-0.2, 0) is 11.3 Å². The lowest BCUT2D eigenvalue weighted by atomic mass is 9.88. The number of aryl methyl sites for hydroxylation is 2. The van der Waals surface area contributed by atoms with Crippen molar-refractivity contribution in [2.24, 2.45) is 4.99 Å². The molecular formula is C23H37IN6O. The van der Waals surface area contributed by atoms with E-state index in [9.17, 15) is 0 Å². The fourth-order valence-electron chi connectivity index (χ4n) is 4.94. The van der Waals surface area contributed by atoms with Crippen molar-refractivity contribution in [2.75, 3.05) is 46.4 Å². The van der Waals surface area contributed by atoms with Crippen LogP contribution in [0.1, 0.15) is 37.9 Å². The molecule has 172 valence electrons. The summed E-state index contributed by atoms with van der Waals surface area (Å²) in [5.74, 6) is 1.97. The van der Waals surface area contributed by atoms with Crippen LogP contribution in [0, 0.1) is 6.92 Å². The summed E-state index contributed by atoms with van der Waals surface area (Å²) in [6, 6.07) is 8.35. The first-order valence-electron chi connectivity index (χ1n) is 11.4. The molecule has 8 heteroatoms. The van der Waals surface area contributed by atoms with Crippen LogP contribution in [0.5, 0.6) is 0 Å². The Hall–Kier alpha value is -1.39. The molecule has 2 saturated heterocycles. The fourth-order valence-corrected chi connectivity index (χ4v) is 4.94. The third-order valence-corrected chi connectivity index (χ3v) is 6.71. The molecule has 0 atom stereocenters. The number of likely N-dealkylation sites (tertiary alicyclic amines) is 1. The van der Waals surface area contributed by atoms with E-state index < -0.39 is 0 Å². The summed E-state index contributed by atoms with van der Waals surface area (Å²) < 4.78 is 7.97. The Morgan fingerprint density at radius 3 is 2.65 bits per heavy atom. The van der Waals surface area contributed by atoms with Crippen molar-refractivity contribution in [1.82, 2.24) is 25.1 Å². The van der Waals surface area contributed by atoms with Crippen LogP contribution in [0.4, 0.5) is 0 Å². The first-order chi connectivity index (χ1) is 14.7. The second-order valence-electron chi connectivity index (χ2n) is 8.54. The Kier molecular flexibility index (Phi) is 8.97. The molecule has 3 heterocycles. The molecule has 31 heavy (non-hydrogen) atoms. The Balaban J connectivity index is 0.00000272. The molecule has 0 unspecified atom stereocenters. The van der Waals surface area contributed by atoms with E-state index in [2.05, 4.69) is 55.2 Å². The molecule has 0 amide bonds. The second kappa shape index (κ2) is 11.5. The number of nitrogens with zero attached hydrogens (tertiary/aromatic N) is 4. The molecule has 0 radical (unpaired) electrons. The van der Waals surface area contributed by atoms with Crippen molar-refractivity contribution in [3.8, 4) is 0 Å². The van der Waals surface area contributed by atoms with Gasteiger partial charge >= 0.3 is 0 Å². The lowest BCUT2D eigenvalue weighted by Crippen LogP contribution is -2.58. The summed E-state index contributed by atoms with van der Waals surface area (Å²) in [4.78, 5) is 11.8. The number of imidazole rings is 1. The normalized spacial score (nSPS) is 19.4. The summed E-state index contributed by atoms with van der Waals surface area (Å²) >= 11 is 0. The van der Waals surface area contributed by atoms with E-state index in [1.54, 1.807) is 0 Å². The number of benzene rings is 1. The topological polar surface area (TPSA) is 66.7 Å². The number of hydrogen-bond acceptors (Lipinski definition) is 4. The van der Waals surface area contributed by atoms with Crippen molar-refractivity contribution >= 4 is 41.0 Å². The van der Waals surface area contributed by atoms with Crippen LogP contribution in [0.2, 0.25) is 0 Å². The number of aliphatic imine (C=N–C) groups is 1. The summed E-state index contributed by atoms with van der Waals surface area (Å²) in [6.07, 6.45) is 5.86. The number of halogens is 1. The van der Waals surface area contributed by atoms with Crippen molar-refractivity contribution < 1.29 is 4.74 Å². The minimum absolute atomic E-state index is 0. The SMILES string of the molecule is CN=C(NCCCn1c(C)nc2ccccc21)NCC1(N2CCCC2)CCOCC1.I. The maximum atomic E-state index is 5.66. The number of guanidine groups is 1. The molecule has 1 aromatic heterocycles. The Morgan fingerprint density at radius 1 is 1.16 bits per heavy atom. The highest BCUT2D eigenvalue weighted by molar-refractivity contribution is 14.0. The van der Waals surface area contributed by atoms with Gasteiger partial charge in [-0.05, 0) is 64.3 Å². The van der Waals surface area contributed by atoms with Gasteiger partial charge < -0.3 is 19.9 Å².